The van der Waals surface area contributed by atoms with Crippen LogP contribution in [0.5, 0.6) is 11.6 Å². The fourth-order valence-corrected chi connectivity index (χ4v) is 2.01. The molecular weight excluding hydrogens is 273 g/mol. The maximum Gasteiger partial charge on any atom is 0.225 e. The Kier molecular flexibility index (Phi) is 4.07. The average molecular weight is 284 g/mol. The molecule has 0 aliphatic rings. The van der Waals surface area contributed by atoms with Gasteiger partial charge >= 0.3 is 0 Å². The van der Waals surface area contributed by atoms with Crippen LogP contribution in [0.15, 0.2) is 36.5 Å². The Bertz CT molecular complexity index is 538. The van der Waals surface area contributed by atoms with E-state index in [2.05, 4.69) is 4.98 Å². The van der Waals surface area contributed by atoms with Crippen LogP contribution in [0.4, 0.5) is 0 Å². The lowest BCUT2D eigenvalue weighted by Crippen LogP contribution is -1.98. The number of hydrogen-bond acceptors (Lipinski definition) is 3. The van der Waals surface area contributed by atoms with Crippen molar-refractivity contribution in [2.24, 2.45) is 0 Å². The second-order valence-electron chi connectivity index (χ2n) is 3.78. The Labute approximate surface area is 115 Å². The zero-order chi connectivity index (χ0) is 13.1. The Morgan fingerprint density at radius 2 is 1.89 bits per heavy atom. The molecule has 5 heteroatoms. The van der Waals surface area contributed by atoms with Crippen molar-refractivity contribution in [1.82, 2.24) is 4.98 Å². The molecule has 0 amide bonds. The highest BCUT2D eigenvalue weighted by Crippen LogP contribution is 2.30. The van der Waals surface area contributed by atoms with Gasteiger partial charge in [0.15, 0.2) is 0 Å². The molecule has 0 aliphatic carbocycles. The molecule has 94 valence electrons. The molecule has 0 bridgehead atoms. The predicted octanol–water partition coefficient (Wildman–Crippen LogP) is 4.23. The number of aromatic nitrogens is 1. The van der Waals surface area contributed by atoms with Gasteiger partial charge in [0.25, 0.3) is 0 Å². The smallest absolute Gasteiger partial charge is 0.225 e. The number of benzene rings is 1. The highest BCUT2D eigenvalue weighted by molar-refractivity contribution is 6.34. The number of rotatable bonds is 3. The summed E-state index contributed by atoms with van der Waals surface area (Å²) in [5.74, 6) is 0.818. The van der Waals surface area contributed by atoms with Gasteiger partial charge in [0.05, 0.1) is 6.10 Å². The summed E-state index contributed by atoms with van der Waals surface area (Å²) in [5, 5.41) is 10.6. The highest BCUT2D eigenvalue weighted by Gasteiger charge is 2.11. The van der Waals surface area contributed by atoms with Gasteiger partial charge in [-0.15, -0.1) is 0 Å². The summed E-state index contributed by atoms with van der Waals surface area (Å²) >= 11 is 11.8. The van der Waals surface area contributed by atoms with Crippen molar-refractivity contribution in [2.75, 3.05) is 0 Å². The third kappa shape index (κ3) is 3.13. The van der Waals surface area contributed by atoms with Crippen molar-refractivity contribution < 1.29 is 9.84 Å². The van der Waals surface area contributed by atoms with Gasteiger partial charge in [-0.3, -0.25) is 0 Å². The van der Waals surface area contributed by atoms with Gasteiger partial charge in [-0.1, -0.05) is 23.2 Å². The van der Waals surface area contributed by atoms with Crippen molar-refractivity contribution in [1.29, 1.82) is 0 Å². The van der Waals surface area contributed by atoms with Crippen molar-refractivity contribution >= 4 is 23.2 Å². The summed E-state index contributed by atoms with van der Waals surface area (Å²) in [4.78, 5) is 4.09. The number of ether oxygens (including phenoxy) is 1. The van der Waals surface area contributed by atoms with E-state index in [0.29, 0.717) is 27.2 Å². The summed E-state index contributed by atoms with van der Waals surface area (Å²) < 4.78 is 5.59. The molecule has 2 rings (SSSR count). The normalized spacial score (nSPS) is 12.2. The molecular formula is C13H11Cl2NO2. The summed E-state index contributed by atoms with van der Waals surface area (Å²) in [5.41, 5.74) is 0.605. The molecule has 0 spiro atoms. The first-order valence-electron chi connectivity index (χ1n) is 5.33. The Morgan fingerprint density at radius 1 is 1.22 bits per heavy atom. The lowest BCUT2D eigenvalue weighted by Gasteiger charge is -2.11. The number of aliphatic hydroxyl groups excluding tert-OH is 1. The van der Waals surface area contributed by atoms with E-state index < -0.39 is 6.10 Å². The van der Waals surface area contributed by atoms with Crippen molar-refractivity contribution in [2.45, 2.75) is 13.0 Å². The Balaban J connectivity index is 2.34. The van der Waals surface area contributed by atoms with Crippen LogP contribution in [0.3, 0.4) is 0 Å². The topological polar surface area (TPSA) is 42.4 Å². The molecule has 0 aliphatic heterocycles. The number of halogens is 2. The fraction of sp³-hybridized carbons (Fsp3) is 0.154. The second kappa shape index (κ2) is 5.57. The number of pyridine rings is 1. The van der Waals surface area contributed by atoms with Crippen LogP contribution >= 0.6 is 23.2 Å². The van der Waals surface area contributed by atoms with Gasteiger partial charge in [-0.2, -0.15) is 0 Å². The maximum atomic E-state index is 9.62. The van der Waals surface area contributed by atoms with Crippen molar-refractivity contribution in [3.8, 4) is 11.6 Å². The molecule has 0 saturated heterocycles. The lowest BCUT2D eigenvalue weighted by atomic mass is 10.2. The lowest BCUT2D eigenvalue weighted by molar-refractivity contribution is 0.194. The van der Waals surface area contributed by atoms with E-state index in [0.717, 1.165) is 0 Å². The molecule has 1 unspecified atom stereocenters. The summed E-state index contributed by atoms with van der Waals surface area (Å²) in [6.07, 6.45) is 0.927. The van der Waals surface area contributed by atoms with Crippen molar-refractivity contribution in [3.63, 3.8) is 0 Å². The van der Waals surface area contributed by atoms with Crippen LogP contribution in [0.1, 0.15) is 18.6 Å². The van der Waals surface area contributed by atoms with Gasteiger partial charge in [-0.25, -0.2) is 4.98 Å². The SMILES string of the molecule is CC(O)c1cccnc1Oc1cc(Cl)cc(Cl)c1. The minimum absolute atomic E-state index is 0.339. The molecule has 3 nitrogen and oxygen atoms in total. The average Bonchev–Trinajstić information content (AvgIpc) is 2.27. The van der Waals surface area contributed by atoms with Crippen molar-refractivity contribution in [3.05, 3.63) is 52.1 Å². The minimum Gasteiger partial charge on any atom is -0.439 e. The van der Waals surface area contributed by atoms with Gasteiger partial charge in [0, 0.05) is 21.8 Å². The molecule has 1 heterocycles. The molecule has 1 aromatic carbocycles. The largest absolute Gasteiger partial charge is 0.439 e. The van der Waals surface area contributed by atoms with Crippen LogP contribution < -0.4 is 4.74 Å². The zero-order valence-electron chi connectivity index (χ0n) is 9.60. The second-order valence-corrected chi connectivity index (χ2v) is 4.65. The molecule has 0 radical (unpaired) electrons. The predicted molar refractivity (Wildman–Crippen MR) is 71.4 cm³/mol. The van der Waals surface area contributed by atoms with E-state index in [1.165, 1.54) is 0 Å². The molecule has 2 aromatic rings. The van der Waals surface area contributed by atoms with Crippen LogP contribution in [0.25, 0.3) is 0 Å². The number of aliphatic hydroxyl groups is 1. The molecule has 1 N–H and O–H groups in total. The van der Waals surface area contributed by atoms with Gasteiger partial charge < -0.3 is 9.84 Å². The summed E-state index contributed by atoms with van der Waals surface area (Å²) in [6, 6.07) is 8.37. The number of nitrogens with zero attached hydrogens (tertiary/aromatic N) is 1. The van der Waals surface area contributed by atoms with E-state index in [4.69, 9.17) is 27.9 Å². The van der Waals surface area contributed by atoms with E-state index in [1.54, 1.807) is 43.5 Å². The third-order valence-corrected chi connectivity index (χ3v) is 2.74. The van der Waals surface area contributed by atoms with Gasteiger partial charge in [0.2, 0.25) is 5.88 Å². The monoisotopic (exact) mass is 283 g/mol. The third-order valence-electron chi connectivity index (χ3n) is 2.30. The fourth-order valence-electron chi connectivity index (χ4n) is 1.51. The molecule has 0 saturated carbocycles. The Hall–Kier alpha value is -1.29. The zero-order valence-corrected chi connectivity index (χ0v) is 11.1. The molecule has 0 fully saturated rings. The first-order valence-corrected chi connectivity index (χ1v) is 6.09. The summed E-state index contributed by atoms with van der Waals surface area (Å²) in [7, 11) is 0. The minimum atomic E-state index is -0.664. The van der Waals surface area contributed by atoms with E-state index in [9.17, 15) is 5.11 Å². The summed E-state index contributed by atoms with van der Waals surface area (Å²) in [6.45, 7) is 1.65. The number of hydrogen-bond donors (Lipinski definition) is 1. The van der Waals surface area contributed by atoms with Gasteiger partial charge in [-0.05, 0) is 37.3 Å². The van der Waals surface area contributed by atoms with Gasteiger partial charge in [0.1, 0.15) is 5.75 Å². The quantitative estimate of drug-likeness (QED) is 0.916. The molecule has 1 atom stereocenters. The van der Waals surface area contributed by atoms with Crippen LogP contribution in [-0.2, 0) is 0 Å². The molecule has 18 heavy (non-hydrogen) atoms. The molecule has 1 aromatic heterocycles. The van der Waals surface area contributed by atoms with Crippen LogP contribution in [0.2, 0.25) is 10.0 Å². The maximum absolute atomic E-state index is 9.62. The van der Waals surface area contributed by atoms with E-state index in [1.807, 2.05) is 0 Å². The highest BCUT2D eigenvalue weighted by atomic mass is 35.5. The first-order chi connectivity index (χ1) is 8.56. The Morgan fingerprint density at radius 3 is 2.50 bits per heavy atom. The standard InChI is InChI=1S/C13H11Cl2NO2/c1-8(17)12-3-2-4-16-13(12)18-11-6-9(14)5-10(15)7-11/h2-8,17H,1H3. The van der Waals surface area contributed by atoms with E-state index in [-0.39, 0.29) is 0 Å². The van der Waals surface area contributed by atoms with E-state index >= 15 is 0 Å². The van der Waals surface area contributed by atoms with Crippen LogP contribution in [0, 0.1) is 0 Å². The van der Waals surface area contributed by atoms with Crippen LogP contribution in [-0.4, -0.2) is 10.1 Å². The first kappa shape index (κ1) is 13.1.